The summed E-state index contributed by atoms with van der Waals surface area (Å²) < 4.78 is 6.00. The third kappa shape index (κ3) is 2.28. The summed E-state index contributed by atoms with van der Waals surface area (Å²) in [4.78, 5) is 9.66. The number of nitrogens with one attached hydrogen (secondary N) is 1. The van der Waals surface area contributed by atoms with Crippen molar-refractivity contribution >= 4 is 0 Å². The van der Waals surface area contributed by atoms with Crippen LogP contribution in [0.4, 0.5) is 0 Å². The molecular weight excluding hydrogens is 238 g/mol. The minimum atomic E-state index is -0.292. The summed E-state index contributed by atoms with van der Waals surface area (Å²) >= 11 is 0. The highest BCUT2D eigenvalue weighted by Gasteiger charge is 2.35. The fourth-order valence-corrected chi connectivity index (χ4v) is 3.02. The Morgan fingerprint density at radius 2 is 2.05 bits per heavy atom. The Morgan fingerprint density at radius 1 is 1.21 bits per heavy atom. The number of hydrogen-bond acceptors (Lipinski definition) is 4. The summed E-state index contributed by atoms with van der Waals surface area (Å²) in [6.07, 6.45) is 3.38. The van der Waals surface area contributed by atoms with Crippen LogP contribution in [0.1, 0.15) is 68.7 Å². The fraction of sp³-hybridized carbons (Fsp3) is 0.733. The van der Waals surface area contributed by atoms with Crippen LogP contribution >= 0.6 is 0 Å². The summed E-state index contributed by atoms with van der Waals surface area (Å²) in [6.45, 7) is 9.14. The van der Waals surface area contributed by atoms with Crippen LogP contribution in [0.15, 0.2) is 0 Å². The number of hydrogen-bond donors (Lipinski definition) is 1. The first-order chi connectivity index (χ1) is 9.10. The first kappa shape index (κ1) is 13.0. The molecule has 0 aromatic carbocycles. The standard InChI is InChI=1S/C15H23N3O/c1-10(2)13-11-8-16-9-12(11)17-14(18-13)15(3)6-4-5-7-19-15/h10,16H,4-9H2,1-3H3. The molecule has 1 saturated heterocycles. The van der Waals surface area contributed by atoms with E-state index in [-0.39, 0.29) is 5.60 Å². The predicted octanol–water partition coefficient (Wildman–Crippen LogP) is 2.62. The Kier molecular flexibility index (Phi) is 3.31. The molecule has 0 amide bonds. The summed E-state index contributed by atoms with van der Waals surface area (Å²) in [7, 11) is 0. The highest BCUT2D eigenvalue weighted by atomic mass is 16.5. The topological polar surface area (TPSA) is 47.0 Å². The largest absolute Gasteiger partial charge is 0.367 e. The van der Waals surface area contributed by atoms with Crippen molar-refractivity contribution < 1.29 is 4.74 Å². The first-order valence-corrected chi connectivity index (χ1v) is 7.35. The van der Waals surface area contributed by atoms with E-state index in [0.717, 1.165) is 38.4 Å². The van der Waals surface area contributed by atoms with E-state index in [1.165, 1.54) is 23.4 Å². The Bertz CT molecular complexity index is 479. The highest BCUT2D eigenvalue weighted by Crippen LogP contribution is 2.34. The van der Waals surface area contributed by atoms with Crippen LogP contribution in [-0.2, 0) is 23.4 Å². The van der Waals surface area contributed by atoms with Crippen molar-refractivity contribution in [3.05, 3.63) is 22.8 Å². The Balaban J connectivity index is 2.05. The van der Waals surface area contributed by atoms with Gasteiger partial charge in [0.25, 0.3) is 0 Å². The second-order valence-electron chi connectivity index (χ2n) is 6.15. The maximum absolute atomic E-state index is 6.00. The van der Waals surface area contributed by atoms with E-state index in [9.17, 15) is 0 Å². The van der Waals surface area contributed by atoms with Crippen LogP contribution in [0.3, 0.4) is 0 Å². The van der Waals surface area contributed by atoms with Crippen molar-refractivity contribution in [1.82, 2.24) is 15.3 Å². The van der Waals surface area contributed by atoms with Crippen molar-refractivity contribution in [2.75, 3.05) is 6.61 Å². The van der Waals surface area contributed by atoms with Gasteiger partial charge in [-0.15, -0.1) is 0 Å². The maximum atomic E-state index is 6.00. The van der Waals surface area contributed by atoms with Crippen LogP contribution in [-0.4, -0.2) is 16.6 Å². The second kappa shape index (κ2) is 4.84. The summed E-state index contributed by atoms with van der Waals surface area (Å²) in [5.74, 6) is 1.32. The minimum absolute atomic E-state index is 0.292. The van der Waals surface area contributed by atoms with Crippen molar-refractivity contribution in [2.45, 2.75) is 64.6 Å². The highest BCUT2D eigenvalue weighted by molar-refractivity contribution is 5.32. The predicted molar refractivity (Wildman–Crippen MR) is 73.8 cm³/mol. The molecule has 1 aromatic rings. The van der Waals surface area contributed by atoms with Gasteiger partial charge in [0.1, 0.15) is 5.60 Å². The third-order valence-electron chi connectivity index (χ3n) is 4.21. The number of ether oxygens (including phenoxy) is 1. The average molecular weight is 261 g/mol. The van der Waals surface area contributed by atoms with Gasteiger partial charge in [0.2, 0.25) is 0 Å². The van der Waals surface area contributed by atoms with E-state index < -0.39 is 0 Å². The zero-order valence-corrected chi connectivity index (χ0v) is 12.1. The van der Waals surface area contributed by atoms with E-state index >= 15 is 0 Å². The zero-order valence-electron chi connectivity index (χ0n) is 12.1. The molecular formula is C15H23N3O. The summed E-state index contributed by atoms with van der Waals surface area (Å²) in [6, 6.07) is 0. The van der Waals surface area contributed by atoms with E-state index in [1.807, 2.05) is 0 Å². The van der Waals surface area contributed by atoms with Crippen LogP contribution in [0.2, 0.25) is 0 Å². The molecule has 1 aromatic heterocycles. The average Bonchev–Trinajstić information content (AvgIpc) is 2.86. The second-order valence-corrected chi connectivity index (χ2v) is 6.15. The van der Waals surface area contributed by atoms with Gasteiger partial charge >= 0.3 is 0 Å². The Hall–Kier alpha value is -1.00. The SMILES string of the molecule is CC(C)c1nc(C2(C)CCCCO2)nc2c1CNC2. The van der Waals surface area contributed by atoms with Gasteiger partial charge < -0.3 is 10.1 Å². The number of fused-ring (bicyclic) bond motifs is 1. The number of nitrogens with zero attached hydrogens (tertiary/aromatic N) is 2. The van der Waals surface area contributed by atoms with Crippen molar-refractivity contribution in [3.63, 3.8) is 0 Å². The van der Waals surface area contributed by atoms with E-state index in [4.69, 9.17) is 14.7 Å². The van der Waals surface area contributed by atoms with Gasteiger partial charge in [-0.2, -0.15) is 0 Å². The maximum Gasteiger partial charge on any atom is 0.160 e. The van der Waals surface area contributed by atoms with Gasteiger partial charge in [-0.25, -0.2) is 9.97 Å². The van der Waals surface area contributed by atoms with Gasteiger partial charge in [0, 0.05) is 25.3 Å². The molecule has 4 nitrogen and oxygen atoms in total. The van der Waals surface area contributed by atoms with Crippen LogP contribution in [0.5, 0.6) is 0 Å². The molecule has 0 saturated carbocycles. The van der Waals surface area contributed by atoms with E-state index in [0.29, 0.717) is 5.92 Å². The van der Waals surface area contributed by atoms with E-state index in [1.54, 1.807) is 0 Å². The number of aromatic nitrogens is 2. The normalized spacial score (nSPS) is 26.7. The lowest BCUT2D eigenvalue weighted by Crippen LogP contribution is -2.33. The van der Waals surface area contributed by atoms with Gasteiger partial charge in [-0.3, -0.25) is 0 Å². The monoisotopic (exact) mass is 261 g/mol. The molecule has 0 bridgehead atoms. The molecule has 3 rings (SSSR count). The lowest BCUT2D eigenvalue weighted by molar-refractivity contribution is -0.0763. The molecule has 0 aliphatic carbocycles. The summed E-state index contributed by atoms with van der Waals surface area (Å²) in [5, 5.41) is 3.38. The first-order valence-electron chi connectivity index (χ1n) is 7.35. The molecule has 19 heavy (non-hydrogen) atoms. The molecule has 1 fully saturated rings. The molecule has 4 heteroatoms. The van der Waals surface area contributed by atoms with Gasteiger partial charge in [0.05, 0.1) is 11.4 Å². The molecule has 1 N–H and O–H groups in total. The molecule has 2 aliphatic heterocycles. The number of rotatable bonds is 2. The Morgan fingerprint density at radius 3 is 2.74 bits per heavy atom. The van der Waals surface area contributed by atoms with Crippen LogP contribution < -0.4 is 5.32 Å². The Labute approximate surface area is 115 Å². The smallest absolute Gasteiger partial charge is 0.160 e. The molecule has 1 atom stereocenters. The molecule has 2 aliphatic rings. The van der Waals surface area contributed by atoms with Gasteiger partial charge in [-0.1, -0.05) is 13.8 Å². The molecule has 0 spiro atoms. The van der Waals surface area contributed by atoms with Crippen molar-refractivity contribution in [1.29, 1.82) is 0 Å². The van der Waals surface area contributed by atoms with E-state index in [2.05, 4.69) is 26.1 Å². The minimum Gasteiger partial charge on any atom is -0.367 e. The van der Waals surface area contributed by atoms with Crippen LogP contribution in [0, 0.1) is 0 Å². The fourth-order valence-electron chi connectivity index (χ4n) is 3.02. The van der Waals surface area contributed by atoms with Crippen molar-refractivity contribution in [2.24, 2.45) is 0 Å². The third-order valence-corrected chi connectivity index (χ3v) is 4.21. The quantitative estimate of drug-likeness (QED) is 0.889. The van der Waals surface area contributed by atoms with Gasteiger partial charge in [0.15, 0.2) is 5.82 Å². The molecule has 104 valence electrons. The molecule has 3 heterocycles. The summed E-state index contributed by atoms with van der Waals surface area (Å²) in [5.41, 5.74) is 3.38. The lowest BCUT2D eigenvalue weighted by atomic mass is 9.94. The molecule has 0 radical (unpaired) electrons. The molecule has 1 unspecified atom stereocenters. The van der Waals surface area contributed by atoms with Crippen molar-refractivity contribution in [3.8, 4) is 0 Å². The zero-order chi connectivity index (χ0) is 13.5. The van der Waals surface area contributed by atoms with Crippen LogP contribution in [0.25, 0.3) is 0 Å². The van der Waals surface area contributed by atoms with Gasteiger partial charge in [-0.05, 0) is 32.1 Å². The lowest BCUT2D eigenvalue weighted by Gasteiger charge is -2.33.